The van der Waals surface area contributed by atoms with Crippen LogP contribution >= 0.6 is 8.25 Å². The summed E-state index contributed by atoms with van der Waals surface area (Å²) in [6.45, 7) is 0.362. The number of aliphatic carboxylic acids is 3. The van der Waals surface area contributed by atoms with Crippen molar-refractivity contribution in [2.75, 3.05) is 105 Å². The minimum absolute atomic E-state index is 0.0764. The molecule has 0 bridgehead atoms. The van der Waals surface area contributed by atoms with E-state index in [9.17, 15) is 44.5 Å². The van der Waals surface area contributed by atoms with Crippen molar-refractivity contribution in [1.82, 2.24) is 24.5 Å². The number of hydrogen-bond acceptors (Lipinski definition) is 13. The zero-order valence-electron chi connectivity index (χ0n) is 21.9. The monoisotopic (exact) mass is 587 g/mol. The van der Waals surface area contributed by atoms with E-state index in [1.807, 2.05) is 4.90 Å². The molecule has 0 saturated carbocycles. The van der Waals surface area contributed by atoms with E-state index in [0.717, 1.165) is 0 Å². The first-order valence-electron chi connectivity index (χ1n) is 12.5. The standard InChI is InChI=1S/C21H42N5O12P/c27-15-18(29)11-26(16-38-39(36)37)10-17(28)9-22-1-3-23(12-19(30)31)5-7-25(14-21(34)35)8-6-24(4-2-22)13-20(32)33/h17-18,27-29,39H,1-16H2,(H,30,31)(H,32,33)(H,34,35)(H,36,37). The number of carboxylic acid groups (broad SMARTS) is 3. The van der Waals surface area contributed by atoms with Gasteiger partial charge in [-0.2, -0.15) is 0 Å². The average molecular weight is 588 g/mol. The highest BCUT2D eigenvalue weighted by Gasteiger charge is 2.23. The fourth-order valence-electron chi connectivity index (χ4n) is 4.15. The van der Waals surface area contributed by atoms with Gasteiger partial charge in [0, 0.05) is 72.0 Å². The maximum atomic E-state index is 11.4. The van der Waals surface area contributed by atoms with Crippen molar-refractivity contribution in [2.45, 2.75) is 12.2 Å². The van der Waals surface area contributed by atoms with Crippen LogP contribution in [0.5, 0.6) is 0 Å². The fraction of sp³-hybridized carbons (Fsp3) is 0.857. The molecule has 0 radical (unpaired) electrons. The highest BCUT2D eigenvalue weighted by molar-refractivity contribution is 7.32. The number of carboxylic acids is 3. The molecule has 17 nitrogen and oxygen atoms in total. The van der Waals surface area contributed by atoms with Gasteiger partial charge >= 0.3 is 26.2 Å². The second-order valence-electron chi connectivity index (χ2n) is 9.38. The Morgan fingerprint density at radius 1 is 0.718 bits per heavy atom. The summed E-state index contributed by atoms with van der Waals surface area (Å²) in [7, 11) is -3.27. The van der Waals surface area contributed by atoms with Gasteiger partial charge in [-0.15, -0.1) is 0 Å². The van der Waals surface area contributed by atoms with Crippen LogP contribution < -0.4 is 0 Å². The van der Waals surface area contributed by atoms with Crippen molar-refractivity contribution in [1.29, 1.82) is 0 Å². The van der Waals surface area contributed by atoms with E-state index in [4.69, 9.17) is 14.5 Å². The number of aliphatic hydroxyl groups excluding tert-OH is 3. The van der Waals surface area contributed by atoms with Gasteiger partial charge in [0.2, 0.25) is 0 Å². The molecule has 18 heteroatoms. The normalized spacial score (nSPS) is 20.1. The van der Waals surface area contributed by atoms with Crippen molar-refractivity contribution in [3.05, 3.63) is 0 Å². The molecule has 0 aliphatic carbocycles. The quantitative estimate of drug-likeness (QED) is 0.0670. The molecule has 0 amide bonds. The third-order valence-electron chi connectivity index (χ3n) is 5.99. The van der Waals surface area contributed by atoms with Crippen LogP contribution in [0, 0.1) is 0 Å². The van der Waals surface area contributed by atoms with Crippen molar-refractivity contribution < 1.29 is 59.0 Å². The van der Waals surface area contributed by atoms with E-state index in [0.29, 0.717) is 13.1 Å². The molecule has 1 fully saturated rings. The van der Waals surface area contributed by atoms with E-state index >= 15 is 0 Å². The summed E-state index contributed by atoms with van der Waals surface area (Å²) < 4.78 is 15.7. The molecule has 0 aromatic heterocycles. The van der Waals surface area contributed by atoms with Gasteiger partial charge in [-0.3, -0.25) is 48.0 Å². The van der Waals surface area contributed by atoms with Crippen LogP contribution in [0.15, 0.2) is 0 Å². The third kappa shape index (κ3) is 17.5. The first kappa shape index (κ1) is 35.3. The summed E-state index contributed by atoms with van der Waals surface area (Å²) in [6.07, 6.45) is -2.21. The molecule has 39 heavy (non-hydrogen) atoms. The minimum atomic E-state index is -3.27. The van der Waals surface area contributed by atoms with Crippen LogP contribution in [-0.4, -0.2) is 195 Å². The largest absolute Gasteiger partial charge is 0.480 e. The highest BCUT2D eigenvalue weighted by atomic mass is 31.1. The minimum Gasteiger partial charge on any atom is -0.480 e. The lowest BCUT2D eigenvalue weighted by atomic mass is 10.2. The molecular formula is C21H42N5O12P. The Balaban J connectivity index is 2.98. The Morgan fingerprint density at radius 2 is 1.08 bits per heavy atom. The predicted molar refractivity (Wildman–Crippen MR) is 137 cm³/mol. The highest BCUT2D eigenvalue weighted by Crippen LogP contribution is 2.15. The predicted octanol–water partition coefficient (Wildman–Crippen LogP) is -4.17. The topological polar surface area (TPSA) is 235 Å². The number of hydrogen-bond donors (Lipinski definition) is 7. The summed E-state index contributed by atoms with van der Waals surface area (Å²) in [5.74, 6) is -3.14. The van der Waals surface area contributed by atoms with E-state index < -0.39 is 45.0 Å². The molecule has 3 atom stereocenters. The molecule has 228 valence electrons. The first-order chi connectivity index (χ1) is 18.4. The number of nitrogens with zero attached hydrogens (tertiary/aromatic N) is 5. The molecule has 7 N–H and O–H groups in total. The lowest BCUT2D eigenvalue weighted by molar-refractivity contribution is -0.140. The molecule has 1 rings (SSSR count). The van der Waals surface area contributed by atoms with Crippen LogP contribution in [0.25, 0.3) is 0 Å². The molecule has 0 aromatic rings. The van der Waals surface area contributed by atoms with Crippen LogP contribution in [0.3, 0.4) is 0 Å². The van der Waals surface area contributed by atoms with Crippen molar-refractivity contribution in [2.24, 2.45) is 0 Å². The van der Waals surface area contributed by atoms with E-state index in [2.05, 4.69) is 0 Å². The fourth-order valence-corrected chi connectivity index (χ4v) is 4.44. The second-order valence-corrected chi connectivity index (χ2v) is 10.2. The van der Waals surface area contributed by atoms with Gasteiger partial charge in [0.25, 0.3) is 0 Å². The summed E-state index contributed by atoms with van der Waals surface area (Å²) >= 11 is 0. The third-order valence-corrected chi connectivity index (χ3v) is 6.37. The van der Waals surface area contributed by atoms with E-state index in [-0.39, 0.29) is 85.3 Å². The average Bonchev–Trinajstić information content (AvgIpc) is 2.83. The van der Waals surface area contributed by atoms with Gasteiger partial charge in [0.1, 0.15) is 6.73 Å². The summed E-state index contributed by atoms with van der Waals surface area (Å²) in [5, 5.41) is 57.5. The van der Waals surface area contributed by atoms with Gasteiger partial charge < -0.3 is 35.5 Å². The Kier molecular flexibility index (Phi) is 17.5. The van der Waals surface area contributed by atoms with Crippen LogP contribution in [0.4, 0.5) is 0 Å². The van der Waals surface area contributed by atoms with Gasteiger partial charge in [-0.25, -0.2) is 0 Å². The zero-order valence-corrected chi connectivity index (χ0v) is 22.9. The number of β-amino-alcohol motifs (C(OH)–C–C–N with tert-alkyl or cyclic N) is 1. The number of carbonyl (C=O) groups is 3. The van der Waals surface area contributed by atoms with Gasteiger partial charge in [0.15, 0.2) is 0 Å². The summed E-state index contributed by atoms with van der Waals surface area (Å²) in [5.41, 5.74) is 0. The SMILES string of the molecule is O=C(O)CN1CCN(CC(=O)O)CCN(CC(O)CN(CO[PH](=O)O)CC(O)CO)CCN(CC(=O)O)CC1. The maximum Gasteiger partial charge on any atom is 0.317 e. The Hall–Kier alpha value is -1.76. The van der Waals surface area contributed by atoms with Crippen LogP contribution in [0.1, 0.15) is 0 Å². The lowest BCUT2D eigenvalue weighted by Crippen LogP contribution is -2.50. The zero-order chi connectivity index (χ0) is 29.4. The Morgan fingerprint density at radius 3 is 1.41 bits per heavy atom. The van der Waals surface area contributed by atoms with Crippen molar-refractivity contribution in [3.63, 3.8) is 0 Å². The Bertz CT molecular complexity index is 750. The first-order valence-corrected chi connectivity index (χ1v) is 13.7. The van der Waals surface area contributed by atoms with E-state index in [1.165, 1.54) is 4.90 Å². The summed E-state index contributed by atoms with van der Waals surface area (Å²) in [6, 6.07) is 0. The molecule has 1 aliphatic rings. The van der Waals surface area contributed by atoms with Gasteiger partial charge in [0.05, 0.1) is 38.4 Å². The number of aliphatic hydroxyl groups is 3. The van der Waals surface area contributed by atoms with E-state index in [1.54, 1.807) is 14.7 Å². The van der Waals surface area contributed by atoms with Crippen LogP contribution in [-0.2, 0) is 23.5 Å². The molecular weight excluding hydrogens is 545 g/mol. The lowest BCUT2D eigenvalue weighted by Gasteiger charge is -2.34. The maximum absolute atomic E-state index is 11.4. The second kappa shape index (κ2) is 19.3. The molecule has 1 heterocycles. The number of rotatable bonds is 16. The van der Waals surface area contributed by atoms with Gasteiger partial charge in [-0.05, 0) is 0 Å². The van der Waals surface area contributed by atoms with Crippen LogP contribution in [0.2, 0.25) is 0 Å². The molecule has 3 unspecified atom stereocenters. The molecule has 0 aromatic carbocycles. The Labute approximate surface area is 227 Å². The summed E-state index contributed by atoms with van der Waals surface area (Å²) in [4.78, 5) is 51.2. The molecule has 0 spiro atoms. The van der Waals surface area contributed by atoms with Crippen molar-refractivity contribution >= 4 is 26.2 Å². The smallest absolute Gasteiger partial charge is 0.317 e. The van der Waals surface area contributed by atoms with Gasteiger partial charge in [-0.1, -0.05) is 0 Å². The van der Waals surface area contributed by atoms with Crippen molar-refractivity contribution in [3.8, 4) is 0 Å². The molecule has 1 saturated heterocycles. The molecule has 1 aliphatic heterocycles.